The molecule has 1 saturated heterocycles. The molecule has 0 aliphatic carbocycles. The summed E-state index contributed by atoms with van der Waals surface area (Å²) in [6.07, 6.45) is 3.66. The summed E-state index contributed by atoms with van der Waals surface area (Å²) in [7, 11) is 0. The van der Waals surface area contributed by atoms with E-state index in [0.717, 1.165) is 38.4 Å². The van der Waals surface area contributed by atoms with Crippen LogP contribution in [0, 0.1) is 0 Å². The molecule has 0 radical (unpaired) electrons. The highest BCUT2D eigenvalue weighted by molar-refractivity contribution is 5.79. The average molecular weight is 406 g/mol. The molecular formula is C22H22N4O4. The molecule has 0 saturated carbocycles. The first-order valence-electron chi connectivity index (χ1n) is 9.92. The second-order valence-corrected chi connectivity index (χ2v) is 7.17. The van der Waals surface area contributed by atoms with E-state index >= 15 is 0 Å². The summed E-state index contributed by atoms with van der Waals surface area (Å²) in [5.74, 6) is 1.22. The van der Waals surface area contributed by atoms with Crippen molar-refractivity contribution in [1.29, 1.82) is 0 Å². The second kappa shape index (κ2) is 8.17. The van der Waals surface area contributed by atoms with Crippen LogP contribution in [0.25, 0.3) is 27.9 Å². The lowest BCUT2D eigenvalue weighted by Crippen LogP contribution is -2.38. The summed E-state index contributed by atoms with van der Waals surface area (Å²) in [5, 5.41) is 14.1. The Hall–Kier alpha value is -3.36. The van der Waals surface area contributed by atoms with Crippen molar-refractivity contribution in [2.24, 2.45) is 5.16 Å². The van der Waals surface area contributed by atoms with Crippen molar-refractivity contribution in [3.8, 4) is 17.2 Å². The van der Waals surface area contributed by atoms with Crippen LogP contribution in [0.5, 0.6) is 5.75 Å². The molecule has 0 spiro atoms. The first-order chi connectivity index (χ1) is 14.8. The van der Waals surface area contributed by atoms with Gasteiger partial charge in [0.25, 0.3) is 0 Å². The summed E-state index contributed by atoms with van der Waals surface area (Å²) in [6, 6.07) is 13.1. The Morgan fingerprint density at radius 3 is 2.90 bits per heavy atom. The fourth-order valence-corrected chi connectivity index (χ4v) is 3.64. The van der Waals surface area contributed by atoms with E-state index in [9.17, 15) is 5.21 Å². The highest BCUT2D eigenvalue weighted by Crippen LogP contribution is 2.25. The van der Waals surface area contributed by atoms with E-state index in [1.54, 1.807) is 12.4 Å². The van der Waals surface area contributed by atoms with E-state index < -0.39 is 0 Å². The van der Waals surface area contributed by atoms with Gasteiger partial charge in [-0.25, -0.2) is 4.98 Å². The zero-order chi connectivity index (χ0) is 20.3. The average Bonchev–Trinajstić information content (AvgIpc) is 3.27. The molecule has 1 aliphatic heterocycles. The van der Waals surface area contributed by atoms with Gasteiger partial charge in [0, 0.05) is 48.9 Å². The molecule has 1 aromatic carbocycles. The van der Waals surface area contributed by atoms with E-state index in [-0.39, 0.29) is 0 Å². The molecule has 8 nitrogen and oxygen atoms in total. The van der Waals surface area contributed by atoms with E-state index in [4.69, 9.17) is 13.9 Å². The Morgan fingerprint density at radius 2 is 2.03 bits per heavy atom. The summed E-state index contributed by atoms with van der Waals surface area (Å²) >= 11 is 0. The third-order valence-corrected chi connectivity index (χ3v) is 5.27. The zero-order valence-electron chi connectivity index (χ0n) is 16.4. The lowest BCUT2D eigenvalue weighted by atomic mass is 10.2. The lowest BCUT2D eigenvalue weighted by molar-refractivity contribution is 0.0322. The smallest absolute Gasteiger partial charge is 0.155 e. The van der Waals surface area contributed by atoms with Gasteiger partial charge in [0.2, 0.25) is 0 Å². The Morgan fingerprint density at radius 1 is 1.13 bits per heavy atom. The molecule has 30 heavy (non-hydrogen) atoms. The highest BCUT2D eigenvalue weighted by Gasteiger charge is 2.12. The van der Waals surface area contributed by atoms with Gasteiger partial charge in [-0.2, -0.15) is 0 Å². The predicted octanol–water partition coefficient (Wildman–Crippen LogP) is 2.75. The van der Waals surface area contributed by atoms with Crippen molar-refractivity contribution >= 4 is 16.5 Å². The van der Waals surface area contributed by atoms with Gasteiger partial charge >= 0.3 is 0 Å². The van der Waals surface area contributed by atoms with E-state index in [1.165, 1.54) is 0 Å². The molecule has 0 bridgehead atoms. The molecule has 0 amide bonds. The number of rotatable bonds is 5. The van der Waals surface area contributed by atoms with Crippen molar-refractivity contribution in [2.75, 3.05) is 39.5 Å². The third kappa shape index (κ3) is 3.74. The number of fused-ring (bicyclic) bond motifs is 2. The van der Waals surface area contributed by atoms with Gasteiger partial charge in [0.1, 0.15) is 29.0 Å². The first-order valence-corrected chi connectivity index (χ1v) is 9.92. The molecule has 0 unspecified atom stereocenters. The Balaban J connectivity index is 1.43. The fourth-order valence-electron chi connectivity index (χ4n) is 3.64. The Labute approximate surface area is 172 Å². The molecule has 4 aromatic rings. The van der Waals surface area contributed by atoms with Crippen LogP contribution in [0.2, 0.25) is 0 Å². The van der Waals surface area contributed by atoms with Crippen molar-refractivity contribution in [3.05, 3.63) is 60.3 Å². The van der Waals surface area contributed by atoms with Crippen LogP contribution in [0.3, 0.4) is 0 Å². The SMILES string of the molecule is O/N=c1\cc(-c2cc3cccn3cn2)oc2cc(OCCN3CCOCC3)ccc12. The number of hydrogen-bond acceptors (Lipinski definition) is 7. The Bertz CT molecular complexity index is 1240. The molecule has 4 heterocycles. The minimum Gasteiger partial charge on any atom is -0.492 e. The number of ether oxygens (including phenoxy) is 2. The van der Waals surface area contributed by atoms with Gasteiger partial charge < -0.3 is 23.5 Å². The van der Waals surface area contributed by atoms with E-state index in [2.05, 4.69) is 15.0 Å². The van der Waals surface area contributed by atoms with E-state index in [1.807, 2.05) is 47.0 Å². The van der Waals surface area contributed by atoms with Crippen molar-refractivity contribution < 1.29 is 19.1 Å². The quantitative estimate of drug-likeness (QED) is 0.405. The molecular weight excluding hydrogens is 384 g/mol. The van der Waals surface area contributed by atoms with Crippen LogP contribution in [-0.2, 0) is 4.74 Å². The van der Waals surface area contributed by atoms with Crippen molar-refractivity contribution in [2.45, 2.75) is 0 Å². The van der Waals surface area contributed by atoms with Gasteiger partial charge in [-0.3, -0.25) is 4.90 Å². The maximum Gasteiger partial charge on any atom is 0.155 e. The summed E-state index contributed by atoms with van der Waals surface area (Å²) in [5.41, 5.74) is 2.23. The number of morpholine rings is 1. The molecule has 5 rings (SSSR count). The minimum absolute atomic E-state index is 0.420. The standard InChI is InChI=1S/C22H22N4O4/c27-24-19-14-22(20-12-16-2-1-5-26(16)15-23-20)30-21-13-17(3-4-18(19)21)29-11-8-25-6-9-28-10-7-25/h1-5,12-15,27H,6-11H2/b24-19+. The van der Waals surface area contributed by atoms with Gasteiger partial charge in [-0.15, -0.1) is 0 Å². The summed E-state index contributed by atoms with van der Waals surface area (Å²) in [6.45, 7) is 4.83. The third-order valence-electron chi connectivity index (χ3n) is 5.27. The van der Waals surface area contributed by atoms with Gasteiger partial charge in [-0.05, 0) is 30.3 Å². The first kappa shape index (κ1) is 18.7. The highest BCUT2D eigenvalue weighted by atomic mass is 16.5. The van der Waals surface area contributed by atoms with E-state index in [0.29, 0.717) is 40.1 Å². The molecule has 0 atom stereocenters. The Kier molecular flexibility index (Phi) is 5.08. The molecule has 3 aromatic heterocycles. The van der Waals surface area contributed by atoms with Gasteiger partial charge in [-0.1, -0.05) is 5.16 Å². The van der Waals surface area contributed by atoms with Crippen LogP contribution in [0.1, 0.15) is 0 Å². The zero-order valence-corrected chi connectivity index (χ0v) is 16.4. The maximum absolute atomic E-state index is 9.51. The summed E-state index contributed by atoms with van der Waals surface area (Å²) in [4.78, 5) is 6.77. The number of benzene rings is 1. The predicted molar refractivity (Wildman–Crippen MR) is 111 cm³/mol. The number of aromatic nitrogens is 2. The van der Waals surface area contributed by atoms with Crippen LogP contribution in [0.15, 0.2) is 64.6 Å². The molecule has 8 heteroatoms. The second-order valence-electron chi connectivity index (χ2n) is 7.17. The normalized spacial score (nSPS) is 15.8. The van der Waals surface area contributed by atoms with Crippen molar-refractivity contribution in [3.63, 3.8) is 0 Å². The lowest BCUT2D eigenvalue weighted by Gasteiger charge is -2.26. The maximum atomic E-state index is 9.51. The molecule has 154 valence electrons. The van der Waals surface area contributed by atoms with Crippen molar-refractivity contribution in [1.82, 2.24) is 14.3 Å². The molecule has 1 N–H and O–H groups in total. The summed E-state index contributed by atoms with van der Waals surface area (Å²) < 4.78 is 19.3. The number of nitrogens with zero attached hydrogens (tertiary/aromatic N) is 4. The molecule has 1 aliphatic rings. The van der Waals surface area contributed by atoms with Crippen LogP contribution < -0.4 is 10.1 Å². The van der Waals surface area contributed by atoms with Crippen LogP contribution in [0.4, 0.5) is 0 Å². The minimum atomic E-state index is 0.420. The van der Waals surface area contributed by atoms with Gasteiger partial charge in [0.05, 0.1) is 19.5 Å². The monoisotopic (exact) mass is 406 g/mol. The fraction of sp³-hybridized carbons (Fsp3) is 0.273. The molecule has 1 fully saturated rings. The van der Waals surface area contributed by atoms with Gasteiger partial charge in [0.15, 0.2) is 5.76 Å². The van der Waals surface area contributed by atoms with Crippen LogP contribution in [-0.4, -0.2) is 58.9 Å². The topological polar surface area (TPSA) is 84.7 Å². The largest absolute Gasteiger partial charge is 0.492 e. The van der Waals surface area contributed by atoms with Crippen LogP contribution >= 0.6 is 0 Å². The number of hydrogen-bond donors (Lipinski definition) is 1.